The maximum Gasteiger partial charge on any atom is 0.344 e. The summed E-state index contributed by atoms with van der Waals surface area (Å²) in [6.07, 6.45) is 0. The van der Waals surface area contributed by atoms with Gasteiger partial charge in [-0.25, -0.2) is 9.59 Å². The molecule has 2 aliphatic rings. The van der Waals surface area contributed by atoms with Crippen LogP contribution in [0.5, 0.6) is 11.5 Å². The number of methoxy groups -OCH3 is 1. The van der Waals surface area contributed by atoms with Gasteiger partial charge in [0.1, 0.15) is 0 Å². The van der Waals surface area contributed by atoms with Crippen molar-refractivity contribution in [1.82, 2.24) is 5.32 Å². The average Bonchev–Trinajstić information content (AvgIpc) is 3.14. The number of benzene rings is 2. The first-order chi connectivity index (χ1) is 17.3. The monoisotopic (exact) mass is 555 g/mol. The van der Waals surface area contributed by atoms with Crippen LogP contribution in [-0.4, -0.2) is 44.7 Å². The second-order valence-electron chi connectivity index (χ2n) is 8.11. The molecule has 36 heavy (non-hydrogen) atoms. The molecular formula is C27H26BrNO7. The molecule has 0 unspecified atom stereocenters. The van der Waals surface area contributed by atoms with Crippen molar-refractivity contribution >= 4 is 39.3 Å². The number of dihydropyridines is 1. The minimum Gasteiger partial charge on any atom is -0.490 e. The maximum atomic E-state index is 13.6. The Bertz CT molecular complexity index is 1310. The second-order valence-corrected chi connectivity index (χ2v) is 8.96. The van der Waals surface area contributed by atoms with Gasteiger partial charge in [-0.3, -0.25) is 4.79 Å². The van der Waals surface area contributed by atoms with Crippen molar-refractivity contribution in [3.05, 3.63) is 74.4 Å². The average molecular weight is 556 g/mol. The second kappa shape index (κ2) is 10.6. The third kappa shape index (κ3) is 4.51. The molecule has 0 aromatic heterocycles. The molecule has 0 saturated heterocycles. The van der Waals surface area contributed by atoms with Gasteiger partial charge in [0.15, 0.2) is 23.9 Å². The fourth-order valence-corrected chi connectivity index (χ4v) is 5.11. The van der Waals surface area contributed by atoms with E-state index in [1.54, 1.807) is 32.0 Å². The highest BCUT2D eigenvalue weighted by Crippen LogP contribution is 2.49. The third-order valence-electron chi connectivity index (χ3n) is 5.96. The van der Waals surface area contributed by atoms with Crippen LogP contribution in [0.3, 0.4) is 0 Å². The summed E-state index contributed by atoms with van der Waals surface area (Å²) in [4.78, 5) is 38.4. The van der Waals surface area contributed by atoms with Crippen molar-refractivity contribution in [3.8, 4) is 11.5 Å². The molecule has 9 heteroatoms. The number of ketones is 1. The molecule has 0 fully saturated rings. The SMILES string of the molecule is CCOC(=O)COc1c(Br)cc([C@H]2C(C(=O)OC)=C(C)NC3=C2C(=O)c2ccccc23)cc1OCC. The first kappa shape index (κ1) is 25.5. The zero-order chi connectivity index (χ0) is 26.0. The zero-order valence-electron chi connectivity index (χ0n) is 20.4. The Labute approximate surface area is 217 Å². The normalized spacial score (nSPS) is 16.2. The zero-order valence-corrected chi connectivity index (χ0v) is 22.0. The first-order valence-corrected chi connectivity index (χ1v) is 12.3. The molecule has 0 radical (unpaired) electrons. The number of carbonyl (C=O) groups excluding carboxylic acids is 3. The van der Waals surface area contributed by atoms with E-state index in [2.05, 4.69) is 21.2 Å². The van der Waals surface area contributed by atoms with Crippen molar-refractivity contribution in [2.45, 2.75) is 26.7 Å². The number of nitrogens with one attached hydrogen (secondary N) is 1. The molecule has 0 spiro atoms. The summed E-state index contributed by atoms with van der Waals surface area (Å²) in [5, 5.41) is 3.26. The van der Waals surface area contributed by atoms with Crippen molar-refractivity contribution in [1.29, 1.82) is 0 Å². The summed E-state index contributed by atoms with van der Waals surface area (Å²) in [5.41, 5.74) is 4.02. The summed E-state index contributed by atoms with van der Waals surface area (Å²) in [6.45, 7) is 5.59. The van der Waals surface area contributed by atoms with Gasteiger partial charge in [-0.2, -0.15) is 0 Å². The molecule has 2 aromatic rings. The lowest BCUT2D eigenvalue weighted by molar-refractivity contribution is -0.145. The minimum atomic E-state index is -0.719. The first-order valence-electron chi connectivity index (χ1n) is 11.5. The number of hydrogen-bond acceptors (Lipinski definition) is 8. The highest BCUT2D eigenvalue weighted by molar-refractivity contribution is 9.10. The minimum absolute atomic E-state index is 0.163. The fourth-order valence-electron chi connectivity index (χ4n) is 4.53. The number of esters is 2. The van der Waals surface area contributed by atoms with Gasteiger partial charge >= 0.3 is 11.9 Å². The Morgan fingerprint density at radius 2 is 1.78 bits per heavy atom. The smallest absolute Gasteiger partial charge is 0.344 e. The van der Waals surface area contributed by atoms with Gasteiger partial charge in [-0.1, -0.05) is 24.3 Å². The number of halogens is 1. The molecule has 1 heterocycles. The summed E-state index contributed by atoms with van der Waals surface area (Å²) in [7, 11) is 1.31. The molecule has 0 saturated carbocycles. The molecule has 1 aliphatic heterocycles. The number of carbonyl (C=O) groups is 3. The van der Waals surface area contributed by atoms with E-state index in [1.165, 1.54) is 7.11 Å². The van der Waals surface area contributed by atoms with E-state index >= 15 is 0 Å². The number of fused-ring (bicyclic) bond motifs is 2. The Morgan fingerprint density at radius 1 is 1.06 bits per heavy atom. The van der Waals surface area contributed by atoms with Crippen molar-refractivity contribution < 1.29 is 33.3 Å². The molecule has 0 bridgehead atoms. The number of hydrogen-bond donors (Lipinski definition) is 1. The highest BCUT2D eigenvalue weighted by atomic mass is 79.9. The van der Waals surface area contributed by atoms with Gasteiger partial charge < -0.3 is 24.3 Å². The van der Waals surface area contributed by atoms with Crippen LogP contribution in [0.2, 0.25) is 0 Å². The summed E-state index contributed by atoms with van der Waals surface area (Å²) in [5.74, 6) is -1.26. The van der Waals surface area contributed by atoms with Crippen LogP contribution in [0, 0.1) is 0 Å². The number of Topliss-reactive ketones (excluding diaryl/α,β-unsaturated/α-hetero) is 1. The standard InChI is InChI=1S/C27H26BrNO7/c1-5-34-19-12-15(11-18(28)26(19)36-13-20(30)35-6-2)22-21(27(32)33-4)14(3)29-24-16-9-7-8-10-17(16)25(31)23(22)24/h7-12,22,29H,5-6,13H2,1-4H3/t22-/m0/s1. The molecule has 4 rings (SSSR count). The maximum absolute atomic E-state index is 13.6. The molecule has 0 amide bonds. The van der Waals surface area contributed by atoms with Crippen LogP contribution in [-0.2, 0) is 19.1 Å². The van der Waals surface area contributed by atoms with Gasteiger partial charge in [0.05, 0.1) is 36.1 Å². The van der Waals surface area contributed by atoms with Crippen molar-refractivity contribution in [3.63, 3.8) is 0 Å². The van der Waals surface area contributed by atoms with Gasteiger partial charge in [-0.05, 0) is 54.4 Å². The van der Waals surface area contributed by atoms with Crippen LogP contribution >= 0.6 is 15.9 Å². The van der Waals surface area contributed by atoms with Gasteiger partial charge in [-0.15, -0.1) is 0 Å². The van der Waals surface area contributed by atoms with E-state index in [1.807, 2.05) is 25.1 Å². The van der Waals surface area contributed by atoms with Crippen LogP contribution in [0.1, 0.15) is 48.2 Å². The summed E-state index contributed by atoms with van der Waals surface area (Å²) < 4.78 is 22.1. The van der Waals surface area contributed by atoms with E-state index in [4.69, 9.17) is 18.9 Å². The molecular weight excluding hydrogens is 530 g/mol. The topological polar surface area (TPSA) is 100 Å². The molecule has 1 atom stereocenters. The quantitative estimate of drug-likeness (QED) is 0.474. The van der Waals surface area contributed by atoms with Crippen LogP contribution in [0.15, 0.2) is 57.7 Å². The lowest BCUT2D eigenvalue weighted by Crippen LogP contribution is -2.29. The fraction of sp³-hybridized carbons (Fsp3) is 0.296. The van der Waals surface area contributed by atoms with E-state index in [9.17, 15) is 14.4 Å². The summed E-state index contributed by atoms with van der Waals surface area (Å²) >= 11 is 3.52. The highest BCUT2D eigenvalue weighted by Gasteiger charge is 2.43. The third-order valence-corrected chi connectivity index (χ3v) is 6.55. The Kier molecular flexibility index (Phi) is 7.49. The largest absolute Gasteiger partial charge is 0.490 e. The Morgan fingerprint density at radius 3 is 2.44 bits per heavy atom. The number of ether oxygens (including phenoxy) is 4. The van der Waals surface area contributed by atoms with Gasteiger partial charge in [0.25, 0.3) is 0 Å². The Hall–Kier alpha value is -3.59. The van der Waals surface area contributed by atoms with E-state index in [-0.39, 0.29) is 19.0 Å². The van der Waals surface area contributed by atoms with Gasteiger partial charge in [0.2, 0.25) is 0 Å². The lowest BCUT2D eigenvalue weighted by atomic mass is 9.79. The number of rotatable bonds is 8. The molecule has 1 N–H and O–H groups in total. The van der Waals surface area contributed by atoms with Crippen LogP contribution in [0.25, 0.3) is 5.70 Å². The van der Waals surface area contributed by atoms with Gasteiger partial charge in [0, 0.05) is 28.3 Å². The number of allylic oxidation sites excluding steroid dienone is 2. The molecule has 1 aliphatic carbocycles. The predicted octanol–water partition coefficient (Wildman–Crippen LogP) is 4.53. The predicted molar refractivity (Wildman–Crippen MR) is 136 cm³/mol. The molecule has 8 nitrogen and oxygen atoms in total. The van der Waals surface area contributed by atoms with E-state index in [0.717, 1.165) is 5.56 Å². The summed E-state index contributed by atoms with van der Waals surface area (Å²) in [6, 6.07) is 10.8. The van der Waals surface area contributed by atoms with E-state index in [0.29, 0.717) is 56.2 Å². The van der Waals surface area contributed by atoms with Crippen LogP contribution in [0.4, 0.5) is 0 Å². The van der Waals surface area contributed by atoms with Crippen LogP contribution < -0.4 is 14.8 Å². The lowest BCUT2D eigenvalue weighted by Gasteiger charge is -2.29. The molecule has 2 aromatic carbocycles. The van der Waals surface area contributed by atoms with Crippen molar-refractivity contribution in [2.24, 2.45) is 0 Å². The van der Waals surface area contributed by atoms with Crippen molar-refractivity contribution in [2.75, 3.05) is 26.9 Å². The molecule has 188 valence electrons. The Balaban J connectivity index is 1.86. The van der Waals surface area contributed by atoms with E-state index < -0.39 is 17.9 Å².